The maximum Gasteiger partial charge on any atom is 0.352 e. The van der Waals surface area contributed by atoms with Crippen LogP contribution in [0.1, 0.15) is 16.1 Å². The average Bonchev–Trinajstić information content (AvgIpc) is 3.26. The summed E-state index contributed by atoms with van der Waals surface area (Å²) in [6.07, 6.45) is 0. The number of nitrogens with one attached hydrogen (secondary N) is 2. The molecular formula is C21H22N6O7S2. The second-order valence-electron chi connectivity index (χ2n) is 7.77. The molecule has 1 fully saturated rings. The number of phenols is 2. The van der Waals surface area contributed by atoms with E-state index in [1.807, 2.05) is 0 Å². The topological polar surface area (TPSA) is 200 Å². The van der Waals surface area contributed by atoms with E-state index in [1.165, 1.54) is 31.0 Å². The monoisotopic (exact) mass is 534 g/mol. The summed E-state index contributed by atoms with van der Waals surface area (Å²) in [4.78, 5) is 47.8. The highest BCUT2D eigenvalue weighted by Crippen LogP contribution is 2.39. The lowest BCUT2D eigenvalue weighted by Crippen LogP contribution is -2.67. The molecule has 2 aliphatic rings. The maximum absolute atomic E-state index is 12.8. The number of nitrogens with two attached hydrogens (primary N) is 1. The molecule has 36 heavy (non-hydrogen) atoms. The number of aromatic nitrogens is 1. The first-order valence-electron chi connectivity index (χ1n) is 10.5. The third kappa shape index (κ3) is 5.01. The van der Waals surface area contributed by atoms with Crippen LogP contribution in [0.4, 0.5) is 5.13 Å². The molecule has 2 atom stereocenters. The standard InChI is InChI=1S/C21H22N6O7S2/c1-34-26-15(12-8-36-21(22)25-12)18(31)24-11-6-27-16(20(32)33)10(7-35-19(11)27)5-23-17(30)9-2-3-13(28)14(29)4-9/h2-4,8,11,19,28-29H,5-7H2,1H3,(H2,22,25)(H,23,30)(H,24,31)(H,32,33)/t11-,19-/m1/s1. The molecule has 0 bridgehead atoms. The van der Waals surface area contributed by atoms with Gasteiger partial charge >= 0.3 is 5.97 Å². The number of phenolic OH excluding ortho intramolecular Hbond substituents is 2. The Morgan fingerprint density at radius 2 is 2.08 bits per heavy atom. The number of carboxylic acid groups (broad SMARTS) is 1. The summed E-state index contributed by atoms with van der Waals surface area (Å²) in [6, 6.07) is 3.29. The molecule has 1 saturated heterocycles. The zero-order valence-corrected chi connectivity index (χ0v) is 20.4. The first-order valence-corrected chi connectivity index (χ1v) is 12.4. The molecule has 0 saturated carbocycles. The van der Waals surface area contributed by atoms with Gasteiger partial charge in [-0.1, -0.05) is 5.16 Å². The molecule has 190 valence electrons. The minimum absolute atomic E-state index is 0.0226. The summed E-state index contributed by atoms with van der Waals surface area (Å²) in [7, 11) is 1.31. The number of hydrogen-bond donors (Lipinski definition) is 6. The average molecular weight is 535 g/mol. The van der Waals surface area contributed by atoms with Crippen molar-refractivity contribution in [3.63, 3.8) is 0 Å². The van der Waals surface area contributed by atoms with Gasteiger partial charge in [0.2, 0.25) is 0 Å². The van der Waals surface area contributed by atoms with Crippen molar-refractivity contribution in [1.29, 1.82) is 0 Å². The molecule has 1 aromatic heterocycles. The van der Waals surface area contributed by atoms with Crippen molar-refractivity contribution < 1.29 is 34.5 Å². The van der Waals surface area contributed by atoms with Gasteiger partial charge in [-0.2, -0.15) is 0 Å². The quantitative estimate of drug-likeness (QED) is 0.153. The Morgan fingerprint density at radius 3 is 2.72 bits per heavy atom. The lowest BCUT2D eigenvalue weighted by Gasteiger charge is -2.52. The zero-order valence-electron chi connectivity index (χ0n) is 18.8. The number of nitrogens with zero attached hydrogens (tertiary/aromatic N) is 3. The second-order valence-corrected chi connectivity index (χ2v) is 9.77. The van der Waals surface area contributed by atoms with Crippen LogP contribution in [0.15, 0.2) is 40.0 Å². The van der Waals surface area contributed by atoms with Crippen molar-refractivity contribution >= 4 is 51.7 Å². The van der Waals surface area contributed by atoms with E-state index in [1.54, 1.807) is 10.3 Å². The number of hydrogen-bond acceptors (Lipinski definition) is 12. The Bertz CT molecular complexity index is 1280. The number of aliphatic carboxylic acids is 1. The third-order valence-corrected chi connectivity index (χ3v) is 7.59. The van der Waals surface area contributed by atoms with Crippen LogP contribution in [0.2, 0.25) is 0 Å². The first kappa shape index (κ1) is 25.1. The molecule has 0 spiro atoms. The summed E-state index contributed by atoms with van der Waals surface area (Å²) in [5, 5.41) is 39.6. The molecule has 0 unspecified atom stereocenters. The van der Waals surface area contributed by atoms with Gasteiger partial charge in [-0.25, -0.2) is 9.78 Å². The lowest BCUT2D eigenvalue weighted by molar-refractivity contribution is -0.135. The van der Waals surface area contributed by atoms with Crippen LogP contribution >= 0.6 is 23.1 Å². The Kier molecular flexibility index (Phi) is 7.21. The number of anilines is 1. The number of thiazole rings is 1. The summed E-state index contributed by atoms with van der Waals surface area (Å²) in [5.74, 6) is -2.67. The molecule has 2 aromatic rings. The number of aromatic hydroxyl groups is 2. The third-order valence-electron chi connectivity index (χ3n) is 5.48. The molecule has 2 amide bonds. The Hall–Kier alpha value is -3.98. The second kappa shape index (κ2) is 10.3. The highest BCUT2D eigenvalue weighted by molar-refractivity contribution is 8.00. The minimum Gasteiger partial charge on any atom is -0.504 e. The van der Waals surface area contributed by atoms with Gasteiger partial charge in [-0.05, 0) is 23.8 Å². The largest absolute Gasteiger partial charge is 0.504 e. The van der Waals surface area contributed by atoms with Gasteiger partial charge in [-0.3, -0.25) is 9.59 Å². The van der Waals surface area contributed by atoms with Crippen molar-refractivity contribution in [1.82, 2.24) is 20.5 Å². The van der Waals surface area contributed by atoms with Crippen LogP contribution in [0.3, 0.4) is 0 Å². The molecule has 0 aliphatic carbocycles. The van der Waals surface area contributed by atoms with Crippen LogP contribution in [0.5, 0.6) is 11.5 Å². The van der Waals surface area contributed by atoms with E-state index in [0.717, 1.165) is 17.4 Å². The fourth-order valence-corrected chi connectivity index (χ4v) is 5.69. The van der Waals surface area contributed by atoms with Gasteiger partial charge in [0.25, 0.3) is 11.8 Å². The van der Waals surface area contributed by atoms with Crippen LogP contribution in [0, 0.1) is 0 Å². The molecule has 15 heteroatoms. The van der Waals surface area contributed by atoms with Gasteiger partial charge in [0.15, 0.2) is 22.3 Å². The van der Waals surface area contributed by atoms with E-state index in [0.29, 0.717) is 11.3 Å². The number of thioether (sulfide) groups is 1. The number of rotatable bonds is 8. The zero-order chi connectivity index (χ0) is 26.0. The molecule has 13 nitrogen and oxygen atoms in total. The van der Waals surface area contributed by atoms with Crippen LogP contribution in [-0.4, -0.2) is 86.1 Å². The number of fused-ring (bicyclic) bond motifs is 1. The van der Waals surface area contributed by atoms with Crippen molar-refractivity contribution in [3.05, 3.63) is 46.1 Å². The van der Waals surface area contributed by atoms with Crippen LogP contribution in [0.25, 0.3) is 0 Å². The summed E-state index contributed by atoms with van der Waals surface area (Å²) >= 11 is 2.59. The minimum atomic E-state index is -1.14. The van der Waals surface area contributed by atoms with Gasteiger partial charge in [-0.15, -0.1) is 23.1 Å². The number of carboxylic acids is 1. The van der Waals surface area contributed by atoms with E-state index in [9.17, 15) is 29.7 Å². The molecular weight excluding hydrogens is 512 g/mol. The van der Waals surface area contributed by atoms with Crippen molar-refractivity contribution in [3.8, 4) is 11.5 Å². The maximum atomic E-state index is 12.8. The van der Waals surface area contributed by atoms with Crippen molar-refractivity contribution in [2.75, 3.05) is 31.7 Å². The van der Waals surface area contributed by atoms with E-state index in [-0.39, 0.29) is 58.1 Å². The highest BCUT2D eigenvalue weighted by Gasteiger charge is 2.47. The van der Waals surface area contributed by atoms with Gasteiger partial charge in [0.1, 0.15) is 18.5 Å². The number of nitrogen functional groups attached to an aromatic ring is 1. The fraction of sp³-hybridized carbons (Fsp3) is 0.286. The molecule has 1 aromatic carbocycles. The lowest BCUT2D eigenvalue weighted by atomic mass is 10.0. The number of carbonyl (C=O) groups excluding carboxylic acids is 2. The normalized spacial score (nSPS) is 19.2. The fourth-order valence-electron chi connectivity index (χ4n) is 3.78. The molecule has 0 radical (unpaired) electrons. The van der Waals surface area contributed by atoms with E-state index in [4.69, 9.17) is 10.6 Å². The number of amides is 2. The summed E-state index contributed by atoms with van der Waals surface area (Å²) < 4.78 is 0. The summed E-state index contributed by atoms with van der Waals surface area (Å²) in [6.45, 7) is 0.221. The van der Waals surface area contributed by atoms with Crippen molar-refractivity contribution in [2.24, 2.45) is 5.16 Å². The van der Waals surface area contributed by atoms with Crippen LogP contribution in [-0.2, 0) is 14.4 Å². The Morgan fingerprint density at radius 1 is 1.31 bits per heavy atom. The molecule has 4 rings (SSSR count). The molecule has 2 aliphatic heterocycles. The van der Waals surface area contributed by atoms with Crippen LogP contribution < -0.4 is 16.4 Å². The smallest absolute Gasteiger partial charge is 0.352 e. The number of benzene rings is 1. The van der Waals surface area contributed by atoms with E-state index >= 15 is 0 Å². The number of carbonyl (C=O) groups is 3. The Balaban J connectivity index is 1.42. The van der Waals surface area contributed by atoms with Gasteiger partial charge < -0.3 is 41.4 Å². The van der Waals surface area contributed by atoms with E-state index in [2.05, 4.69) is 20.8 Å². The predicted octanol–water partition coefficient (Wildman–Crippen LogP) is 0.129. The SMILES string of the molecule is CON=C(C(=O)N[C@@H]1CN2C(C(=O)O)=C(CNC(=O)c3ccc(O)c(O)c3)CS[C@H]12)c1csc(N)n1. The van der Waals surface area contributed by atoms with E-state index < -0.39 is 23.5 Å². The van der Waals surface area contributed by atoms with Gasteiger partial charge in [0.05, 0.1) is 11.4 Å². The number of oxime groups is 1. The first-order chi connectivity index (χ1) is 17.2. The molecule has 3 heterocycles. The van der Waals surface area contributed by atoms with Crippen molar-refractivity contribution in [2.45, 2.75) is 11.4 Å². The summed E-state index contributed by atoms with van der Waals surface area (Å²) in [5.41, 5.74) is 6.57. The Labute approximate surface area is 212 Å². The predicted molar refractivity (Wildman–Crippen MR) is 132 cm³/mol. The molecule has 7 N–H and O–H groups in total. The van der Waals surface area contributed by atoms with Gasteiger partial charge in [0, 0.05) is 29.8 Å². The highest BCUT2D eigenvalue weighted by atomic mass is 32.2.